The number of rotatable bonds is 10. The molecule has 0 bridgehead atoms. The van der Waals surface area contributed by atoms with Gasteiger partial charge >= 0.3 is 5.97 Å². The zero-order valence-electron chi connectivity index (χ0n) is 23.0. The average Bonchev–Trinajstić information content (AvgIpc) is 3.52. The third-order valence-corrected chi connectivity index (χ3v) is 7.20. The van der Waals surface area contributed by atoms with Crippen LogP contribution in [0.15, 0.2) is 42.5 Å². The van der Waals surface area contributed by atoms with Gasteiger partial charge in [0.2, 0.25) is 0 Å². The van der Waals surface area contributed by atoms with E-state index in [9.17, 15) is 18.7 Å². The van der Waals surface area contributed by atoms with Gasteiger partial charge in [-0.05, 0) is 44.9 Å². The van der Waals surface area contributed by atoms with Crippen LogP contribution in [0.4, 0.5) is 13.2 Å². The van der Waals surface area contributed by atoms with Crippen molar-refractivity contribution in [2.75, 3.05) is 20.3 Å². The first-order chi connectivity index (χ1) is 19.5. The van der Waals surface area contributed by atoms with Crippen molar-refractivity contribution >= 4 is 5.97 Å². The number of ether oxygens (including phenoxy) is 5. The monoisotopic (exact) mass is 572 g/mol. The van der Waals surface area contributed by atoms with Gasteiger partial charge < -0.3 is 28.8 Å². The van der Waals surface area contributed by atoms with Gasteiger partial charge in [-0.2, -0.15) is 0 Å². The first-order valence-corrected chi connectivity index (χ1v) is 13.4. The molecular formula is C31H31F3O7. The molecule has 0 aromatic heterocycles. The van der Waals surface area contributed by atoms with E-state index >= 15 is 4.39 Å². The number of aliphatic hydroxyl groups is 1. The Morgan fingerprint density at radius 3 is 2.54 bits per heavy atom. The van der Waals surface area contributed by atoms with Crippen LogP contribution in [0.1, 0.15) is 61.8 Å². The lowest BCUT2D eigenvalue weighted by Crippen LogP contribution is -2.22. The molecule has 218 valence electrons. The van der Waals surface area contributed by atoms with Crippen molar-refractivity contribution < 1.29 is 46.8 Å². The fourth-order valence-electron chi connectivity index (χ4n) is 5.03. The Hall–Kier alpha value is -3.92. The first-order valence-electron chi connectivity index (χ1n) is 13.4. The van der Waals surface area contributed by atoms with Crippen LogP contribution in [-0.4, -0.2) is 37.0 Å². The van der Waals surface area contributed by atoms with Gasteiger partial charge in [-0.25, -0.2) is 13.2 Å². The van der Waals surface area contributed by atoms with Gasteiger partial charge in [-0.3, -0.25) is 4.79 Å². The second kappa shape index (κ2) is 11.5. The second-order valence-electron chi connectivity index (χ2n) is 10.8. The molecule has 1 aliphatic carbocycles. The van der Waals surface area contributed by atoms with Crippen LogP contribution >= 0.6 is 0 Å². The van der Waals surface area contributed by atoms with Gasteiger partial charge in [0.1, 0.15) is 29.2 Å². The Kier molecular flexibility index (Phi) is 8.04. The van der Waals surface area contributed by atoms with E-state index < -0.39 is 29.2 Å². The summed E-state index contributed by atoms with van der Waals surface area (Å²) in [5, 5.41) is 9.78. The molecule has 2 aliphatic rings. The van der Waals surface area contributed by atoms with Crippen molar-refractivity contribution in [3.8, 4) is 28.7 Å². The van der Waals surface area contributed by atoms with Gasteiger partial charge in [0.25, 0.3) is 0 Å². The molecular weight excluding hydrogens is 541 g/mol. The predicted octanol–water partition coefficient (Wildman–Crippen LogP) is 6.54. The maximum absolute atomic E-state index is 15.0. The van der Waals surface area contributed by atoms with Gasteiger partial charge in [-0.1, -0.05) is 6.07 Å². The normalized spacial score (nSPS) is 17.4. The van der Waals surface area contributed by atoms with E-state index in [1.54, 1.807) is 26.0 Å². The molecule has 5 rings (SSSR count). The topological polar surface area (TPSA) is 83.5 Å². The highest BCUT2D eigenvalue weighted by Gasteiger charge is 2.32. The van der Waals surface area contributed by atoms with E-state index in [0.717, 1.165) is 17.7 Å². The fourth-order valence-corrected chi connectivity index (χ4v) is 5.03. The SMILES string of the molecule is COC(=O)CC1COc2cc(O[C@@H]3CCc4c(Oc5cc(F)c(OCCC(C)(C)O)cc5F)ccc(F)c43)ccc21. The van der Waals surface area contributed by atoms with Gasteiger partial charge in [0.15, 0.2) is 23.1 Å². The van der Waals surface area contributed by atoms with Gasteiger partial charge in [0.05, 0.1) is 32.3 Å². The van der Waals surface area contributed by atoms with Crippen molar-refractivity contribution in [1.29, 1.82) is 0 Å². The molecule has 0 saturated heterocycles. The molecule has 0 radical (unpaired) electrons. The lowest BCUT2D eigenvalue weighted by Gasteiger charge is -2.18. The van der Waals surface area contributed by atoms with Crippen LogP contribution in [0, 0.1) is 17.5 Å². The van der Waals surface area contributed by atoms with Crippen LogP contribution in [0.2, 0.25) is 0 Å². The number of carbonyl (C=O) groups is 1. The fraction of sp³-hybridized carbons (Fsp3) is 0.387. The molecule has 7 nitrogen and oxygen atoms in total. The smallest absolute Gasteiger partial charge is 0.306 e. The van der Waals surface area contributed by atoms with Crippen LogP contribution < -0.4 is 18.9 Å². The Balaban J connectivity index is 1.31. The lowest BCUT2D eigenvalue weighted by molar-refractivity contribution is -0.141. The molecule has 0 fully saturated rings. The van der Waals surface area contributed by atoms with Crippen molar-refractivity contribution in [3.63, 3.8) is 0 Å². The van der Waals surface area contributed by atoms with E-state index in [0.29, 0.717) is 42.1 Å². The van der Waals surface area contributed by atoms with E-state index in [4.69, 9.17) is 23.7 Å². The number of hydrogen-bond donors (Lipinski definition) is 1. The third-order valence-electron chi connectivity index (χ3n) is 7.20. The lowest BCUT2D eigenvalue weighted by atomic mass is 9.98. The Bertz CT molecular complexity index is 1450. The number of esters is 1. The van der Waals surface area contributed by atoms with Crippen molar-refractivity contribution in [2.45, 2.75) is 57.2 Å². The third kappa shape index (κ3) is 6.37. The second-order valence-corrected chi connectivity index (χ2v) is 10.8. The number of methoxy groups -OCH3 is 1. The molecule has 1 N–H and O–H groups in total. The van der Waals surface area contributed by atoms with Crippen LogP contribution in [0.25, 0.3) is 0 Å². The minimum atomic E-state index is -1.01. The summed E-state index contributed by atoms with van der Waals surface area (Å²) in [7, 11) is 1.34. The maximum Gasteiger partial charge on any atom is 0.306 e. The van der Waals surface area contributed by atoms with Crippen LogP contribution in [0.3, 0.4) is 0 Å². The standard InChI is InChI=1S/C31H31F3O7/c1-31(2,36)10-11-38-27-14-23(34)28(15-22(27)33)41-24-9-7-21(32)30-20(24)6-8-25(30)40-18-4-5-19-17(12-29(35)37-3)16-39-26(19)13-18/h4-5,7,9,13-15,17,25,36H,6,8,10-12,16H2,1-3H3/t17?,25-/m1/s1. The number of carbonyl (C=O) groups excluding carboxylic acids is 1. The number of benzene rings is 3. The van der Waals surface area contributed by atoms with Gasteiger partial charge in [-0.15, -0.1) is 0 Å². The van der Waals surface area contributed by atoms with Crippen molar-refractivity contribution in [3.05, 3.63) is 76.6 Å². The molecule has 0 spiro atoms. The van der Waals surface area contributed by atoms with E-state index in [2.05, 4.69) is 0 Å². The summed E-state index contributed by atoms with van der Waals surface area (Å²) >= 11 is 0. The zero-order chi connectivity index (χ0) is 29.3. The quantitative estimate of drug-likeness (QED) is 0.276. The van der Waals surface area contributed by atoms with Crippen molar-refractivity contribution in [2.24, 2.45) is 0 Å². The summed E-state index contributed by atoms with van der Waals surface area (Å²) in [4.78, 5) is 11.7. The van der Waals surface area contributed by atoms with E-state index in [-0.39, 0.29) is 48.6 Å². The number of fused-ring (bicyclic) bond motifs is 2. The highest BCUT2D eigenvalue weighted by molar-refractivity contribution is 5.71. The molecule has 41 heavy (non-hydrogen) atoms. The molecule has 1 heterocycles. The predicted molar refractivity (Wildman–Crippen MR) is 142 cm³/mol. The van der Waals surface area contributed by atoms with E-state index in [1.165, 1.54) is 19.2 Å². The molecule has 3 aromatic rings. The summed E-state index contributed by atoms with van der Waals surface area (Å²) in [5.41, 5.74) is 0.668. The number of halogens is 3. The minimum absolute atomic E-state index is 0.00264. The summed E-state index contributed by atoms with van der Waals surface area (Å²) < 4.78 is 72.1. The Labute approximate surface area is 235 Å². The molecule has 2 atom stereocenters. The zero-order valence-corrected chi connectivity index (χ0v) is 23.0. The highest BCUT2D eigenvalue weighted by Crippen LogP contribution is 2.45. The molecule has 1 unspecified atom stereocenters. The summed E-state index contributed by atoms with van der Waals surface area (Å²) in [6.07, 6.45) is 0.645. The largest absolute Gasteiger partial charge is 0.492 e. The molecule has 0 saturated carbocycles. The molecule has 10 heteroatoms. The van der Waals surface area contributed by atoms with Crippen LogP contribution in [-0.2, 0) is 16.0 Å². The molecule has 0 amide bonds. The van der Waals surface area contributed by atoms with Crippen molar-refractivity contribution in [1.82, 2.24) is 0 Å². The summed E-state index contributed by atoms with van der Waals surface area (Å²) in [6.45, 7) is 3.52. The molecule has 1 aliphatic heterocycles. The number of hydrogen-bond acceptors (Lipinski definition) is 7. The van der Waals surface area contributed by atoms with E-state index in [1.807, 2.05) is 6.07 Å². The first kappa shape index (κ1) is 28.6. The minimum Gasteiger partial charge on any atom is -0.492 e. The molecule has 3 aromatic carbocycles. The summed E-state index contributed by atoms with van der Waals surface area (Å²) in [5.74, 6) is -2.01. The Morgan fingerprint density at radius 1 is 1.02 bits per heavy atom. The highest BCUT2D eigenvalue weighted by atomic mass is 19.1. The maximum atomic E-state index is 15.0. The van der Waals surface area contributed by atoms with Gasteiger partial charge in [0, 0.05) is 47.2 Å². The Morgan fingerprint density at radius 2 is 1.78 bits per heavy atom. The summed E-state index contributed by atoms with van der Waals surface area (Å²) in [6, 6.07) is 9.64. The van der Waals surface area contributed by atoms with Crippen LogP contribution in [0.5, 0.6) is 28.7 Å². The average molecular weight is 573 g/mol.